The predicted octanol–water partition coefficient (Wildman–Crippen LogP) is 4.95. The summed E-state index contributed by atoms with van der Waals surface area (Å²) in [5.41, 5.74) is 1.90. The first kappa shape index (κ1) is 23.7. The van der Waals surface area contributed by atoms with Crippen LogP contribution in [0.4, 0.5) is 5.13 Å². The molecular formula is C25H24N2O5S2. The molecule has 1 aromatic heterocycles. The van der Waals surface area contributed by atoms with Crippen molar-refractivity contribution in [3.05, 3.63) is 77.9 Å². The number of hydrogen-bond acceptors (Lipinski definition) is 7. The molecule has 7 nitrogen and oxygen atoms in total. The number of ether oxygens (including phenoxy) is 2. The number of rotatable bonds is 8. The van der Waals surface area contributed by atoms with E-state index >= 15 is 0 Å². The summed E-state index contributed by atoms with van der Waals surface area (Å²) in [5.74, 6) is 0.928. The van der Waals surface area contributed by atoms with Crippen molar-refractivity contribution in [1.82, 2.24) is 4.98 Å². The lowest BCUT2D eigenvalue weighted by atomic mass is 10.1. The van der Waals surface area contributed by atoms with Gasteiger partial charge in [-0.3, -0.25) is 9.69 Å². The van der Waals surface area contributed by atoms with Gasteiger partial charge in [-0.2, -0.15) is 0 Å². The lowest BCUT2D eigenvalue weighted by molar-refractivity contribution is 0.0985. The Hall–Kier alpha value is -3.43. The number of nitrogens with zero attached hydrogens (tertiary/aromatic N) is 2. The molecule has 0 fully saturated rings. The minimum atomic E-state index is -3.36. The highest BCUT2D eigenvalue weighted by Crippen LogP contribution is 2.40. The van der Waals surface area contributed by atoms with E-state index in [1.165, 1.54) is 35.6 Å². The van der Waals surface area contributed by atoms with Gasteiger partial charge in [-0.05, 0) is 42.0 Å². The van der Waals surface area contributed by atoms with Crippen molar-refractivity contribution in [2.24, 2.45) is 0 Å². The highest BCUT2D eigenvalue weighted by atomic mass is 32.2. The van der Waals surface area contributed by atoms with Gasteiger partial charge >= 0.3 is 0 Å². The fourth-order valence-corrected chi connectivity index (χ4v) is 5.47. The molecule has 0 bridgehead atoms. The summed E-state index contributed by atoms with van der Waals surface area (Å²) in [6, 6.07) is 19.2. The third-order valence-corrected chi connectivity index (χ3v) is 8.24. The van der Waals surface area contributed by atoms with Crippen molar-refractivity contribution >= 4 is 42.4 Å². The van der Waals surface area contributed by atoms with Gasteiger partial charge < -0.3 is 9.47 Å². The Kier molecular flexibility index (Phi) is 6.85. The number of carbonyl (C=O) groups excluding carboxylic acids is 1. The third-order valence-electron chi connectivity index (χ3n) is 5.40. The number of benzene rings is 3. The SMILES string of the molecule is CCS(=O)(=O)c1ccc(C(=O)N(Cc2ccccc2)c2nc3c(OC)ccc(OC)c3s2)cc1. The van der Waals surface area contributed by atoms with Gasteiger partial charge in [0.2, 0.25) is 0 Å². The van der Waals surface area contributed by atoms with Crippen LogP contribution in [-0.4, -0.2) is 39.3 Å². The van der Waals surface area contributed by atoms with Crippen LogP contribution in [0, 0.1) is 0 Å². The molecule has 3 aromatic carbocycles. The van der Waals surface area contributed by atoms with E-state index in [0.717, 1.165) is 10.3 Å². The molecule has 0 saturated heterocycles. The summed E-state index contributed by atoms with van der Waals surface area (Å²) in [6.45, 7) is 1.88. The Balaban J connectivity index is 1.79. The lowest BCUT2D eigenvalue weighted by Crippen LogP contribution is -2.30. The molecule has 4 rings (SSSR count). The standard InChI is InChI=1S/C25H24N2O5S2/c1-4-34(29,30)19-12-10-18(11-13-19)24(28)27(16-17-8-6-5-7-9-17)25-26-22-20(31-2)14-15-21(32-3)23(22)33-25/h5-15H,4,16H2,1-3H3. The zero-order valence-corrected chi connectivity index (χ0v) is 20.7. The molecule has 0 aliphatic rings. The van der Waals surface area contributed by atoms with Crippen molar-refractivity contribution < 1.29 is 22.7 Å². The van der Waals surface area contributed by atoms with Crippen LogP contribution < -0.4 is 14.4 Å². The van der Waals surface area contributed by atoms with E-state index in [9.17, 15) is 13.2 Å². The monoisotopic (exact) mass is 496 g/mol. The normalized spacial score (nSPS) is 11.4. The molecule has 0 atom stereocenters. The number of hydrogen-bond donors (Lipinski definition) is 0. The van der Waals surface area contributed by atoms with Gasteiger partial charge in [0.25, 0.3) is 5.91 Å². The maximum Gasteiger partial charge on any atom is 0.260 e. The maximum atomic E-state index is 13.6. The zero-order chi connectivity index (χ0) is 24.3. The smallest absolute Gasteiger partial charge is 0.260 e. The van der Waals surface area contributed by atoms with Gasteiger partial charge in [-0.1, -0.05) is 48.6 Å². The molecule has 0 saturated carbocycles. The highest BCUT2D eigenvalue weighted by Gasteiger charge is 2.24. The van der Waals surface area contributed by atoms with E-state index in [1.807, 2.05) is 30.3 Å². The Morgan fingerprint density at radius 2 is 1.59 bits per heavy atom. The van der Waals surface area contributed by atoms with E-state index in [1.54, 1.807) is 38.2 Å². The summed E-state index contributed by atoms with van der Waals surface area (Å²) in [4.78, 5) is 20.2. The maximum absolute atomic E-state index is 13.6. The zero-order valence-electron chi connectivity index (χ0n) is 19.0. The third kappa shape index (κ3) is 4.62. The van der Waals surface area contributed by atoms with Gasteiger partial charge in [0.1, 0.15) is 21.7 Å². The molecule has 1 amide bonds. The summed E-state index contributed by atoms with van der Waals surface area (Å²) in [5, 5.41) is 0.483. The van der Waals surface area contributed by atoms with E-state index in [2.05, 4.69) is 0 Å². The van der Waals surface area contributed by atoms with E-state index in [-0.39, 0.29) is 16.6 Å². The largest absolute Gasteiger partial charge is 0.495 e. The Labute approximate surface area is 202 Å². The topological polar surface area (TPSA) is 85.8 Å². The fourth-order valence-electron chi connectivity index (χ4n) is 3.51. The molecule has 4 aromatic rings. The number of carbonyl (C=O) groups is 1. The quantitative estimate of drug-likeness (QED) is 0.343. The highest BCUT2D eigenvalue weighted by molar-refractivity contribution is 7.91. The van der Waals surface area contributed by atoms with E-state index in [0.29, 0.717) is 34.3 Å². The molecule has 0 unspecified atom stereocenters. The van der Waals surface area contributed by atoms with Gasteiger partial charge in [-0.15, -0.1) is 0 Å². The van der Waals surface area contributed by atoms with E-state index in [4.69, 9.17) is 14.5 Å². The molecule has 34 heavy (non-hydrogen) atoms. The number of anilines is 1. The summed E-state index contributed by atoms with van der Waals surface area (Å²) >= 11 is 1.33. The molecule has 176 valence electrons. The van der Waals surface area contributed by atoms with Crippen molar-refractivity contribution in [3.63, 3.8) is 0 Å². The minimum absolute atomic E-state index is 0.00417. The molecule has 0 N–H and O–H groups in total. The molecule has 9 heteroatoms. The number of aromatic nitrogens is 1. The van der Waals surface area contributed by atoms with Crippen molar-refractivity contribution in [3.8, 4) is 11.5 Å². The molecule has 0 aliphatic carbocycles. The second-order valence-electron chi connectivity index (χ2n) is 7.45. The number of methoxy groups -OCH3 is 2. The fraction of sp³-hybridized carbons (Fsp3) is 0.200. The average Bonchev–Trinajstić information content (AvgIpc) is 3.32. The van der Waals surface area contributed by atoms with Gasteiger partial charge in [0, 0.05) is 5.56 Å². The minimum Gasteiger partial charge on any atom is -0.495 e. The molecule has 0 aliphatic heterocycles. The number of thiazole rings is 1. The molecule has 1 heterocycles. The lowest BCUT2D eigenvalue weighted by Gasteiger charge is -2.20. The van der Waals surface area contributed by atoms with E-state index < -0.39 is 9.84 Å². The molecule has 0 spiro atoms. The van der Waals surface area contributed by atoms with Crippen LogP contribution in [0.25, 0.3) is 10.2 Å². The van der Waals surface area contributed by atoms with Crippen LogP contribution in [0.3, 0.4) is 0 Å². The van der Waals surface area contributed by atoms with Crippen LogP contribution >= 0.6 is 11.3 Å². The summed E-state index contributed by atoms with van der Waals surface area (Å²) in [7, 11) is -0.206. The molecule has 0 radical (unpaired) electrons. The van der Waals surface area contributed by atoms with Gasteiger partial charge in [0.05, 0.1) is 31.4 Å². The van der Waals surface area contributed by atoms with Crippen LogP contribution in [0.5, 0.6) is 11.5 Å². The Bertz CT molecular complexity index is 1370. The van der Waals surface area contributed by atoms with Crippen molar-refractivity contribution in [2.45, 2.75) is 18.4 Å². The summed E-state index contributed by atoms with van der Waals surface area (Å²) < 4.78 is 36.1. The Morgan fingerprint density at radius 3 is 2.21 bits per heavy atom. The first-order valence-corrected chi connectivity index (χ1v) is 13.0. The van der Waals surface area contributed by atoms with Crippen LogP contribution in [-0.2, 0) is 16.4 Å². The predicted molar refractivity (Wildman–Crippen MR) is 134 cm³/mol. The number of fused-ring (bicyclic) bond motifs is 1. The van der Waals surface area contributed by atoms with Gasteiger partial charge in [0.15, 0.2) is 15.0 Å². The van der Waals surface area contributed by atoms with Crippen LogP contribution in [0.15, 0.2) is 71.6 Å². The second-order valence-corrected chi connectivity index (χ2v) is 10.7. The average molecular weight is 497 g/mol. The first-order valence-electron chi connectivity index (χ1n) is 10.6. The van der Waals surface area contributed by atoms with Crippen LogP contribution in [0.1, 0.15) is 22.8 Å². The Morgan fingerprint density at radius 1 is 0.941 bits per heavy atom. The summed E-state index contributed by atoms with van der Waals surface area (Å²) in [6.07, 6.45) is 0. The van der Waals surface area contributed by atoms with Gasteiger partial charge in [-0.25, -0.2) is 13.4 Å². The molecular weight excluding hydrogens is 472 g/mol. The van der Waals surface area contributed by atoms with Crippen molar-refractivity contribution in [1.29, 1.82) is 0 Å². The second kappa shape index (κ2) is 9.82. The first-order chi connectivity index (χ1) is 16.4. The van der Waals surface area contributed by atoms with Crippen molar-refractivity contribution in [2.75, 3.05) is 24.9 Å². The van der Waals surface area contributed by atoms with Crippen LogP contribution in [0.2, 0.25) is 0 Å². The number of sulfone groups is 1. The number of amides is 1.